The molecule has 0 amide bonds. The highest BCUT2D eigenvalue weighted by Gasteiger charge is 2.31. The second-order valence-electron chi connectivity index (χ2n) is 9.30. The molecular weight excluding hydrogens is 447 g/mol. The first-order valence-electron chi connectivity index (χ1n) is 12.4. The van der Waals surface area contributed by atoms with Crippen LogP contribution in [0, 0.1) is 0 Å². The Morgan fingerprint density at radius 2 is 1.43 bits per heavy atom. The summed E-state index contributed by atoms with van der Waals surface area (Å²) >= 11 is 0. The van der Waals surface area contributed by atoms with Gasteiger partial charge in [-0.3, -0.25) is 0 Å². The Labute approximate surface area is 211 Å². The lowest BCUT2D eigenvalue weighted by atomic mass is 9.92. The topological polar surface area (TPSA) is 29.5 Å². The second kappa shape index (κ2) is 11.7. The van der Waals surface area contributed by atoms with E-state index in [2.05, 4.69) is 98.8 Å². The van der Waals surface area contributed by atoms with E-state index in [-0.39, 0.29) is 5.16 Å². The fourth-order valence-corrected chi connectivity index (χ4v) is 6.21. The standard InChI is InChI=1S/C32H35O2P/c1-4-32(3,35-30-21-12-11-19-28(30)24(2)33)29-20-13-18-27(22-25-14-7-5-8-15-25)31(29)34-23-26-16-9-6-10-17-26/h5-21,24,33,35H,4,22-23H2,1-3H3. The number of rotatable bonds is 10. The van der Waals surface area contributed by atoms with E-state index in [0.29, 0.717) is 15.2 Å². The zero-order valence-electron chi connectivity index (χ0n) is 20.9. The predicted molar refractivity (Wildman–Crippen MR) is 149 cm³/mol. The number of benzene rings is 4. The Morgan fingerprint density at radius 1 is 0.800 bits per heavy atom. The predicted octanol–water partition coefficient (Wildman–Crippen LogP) is 7.54. The molecule has 0 saturated carbocycles. The molecule has 4 rings (SSSR count). The average Bonchev–Trinajstić information content (AvgIpc) is 2.89. The molecule has 2 nitrogen and oxygen atoms in total. The monoisotopic (exact) mass is 482 g/mol. The van der Waals surface area contributed by atoms with Crippen molar-refractivity contribution in [2.24, 2.45) is 0 Å². The van der Waals surface area contributed by atoms with Crippen LogP contribution in [0.4, 0.5) is 0 Å². The molecule has 0 radical (unpaired) electrons. The Balaban J connectivity index is 1.76. The molecule has 0 aliphatic heterocycles. The number of hydrogen-bond acceptors (Lipinski definition) is 2. The van der Waals surface area contributed by atoms with Crippen LogP contribution in [0.15, 0.2) is 103 Å². The van der Waals surface area contributed by atoms with Gasteiger partial charge < -0.3 is 9.84 Å². The molecule has 0 aliphatic rings. The van der Waals surface area contributed by atoms with Crippen molar-refractivity contribution in [1.82, 2.24) is 0 Å². The third-order valence-electron chi connectivity index (χ3n) is 6.68. The normalized spacial score (nSPS) is 14.1. The molecule has 0 aliphatic carbocycles. The van der Waals surface area contributed by atoms with Crippen LogP contribution < -0.4 is 10.0 Å². The fourth-order valence-electron chi connectivity index (χ4n) is 4.49. The van der Waals surface area contributed by atoms with Crippen LogP contribution in [0.25, 0.3) is 0 Å². The lowest BCUT2D eigenvalue weighted by Crippen LogP contribution is -2.22. The molecular formula is C32H35O2P. The minimum absolute atomic E-state index is 0.121. The molecule has 0 bridgehead atoms. The van der Waals surface area contributed by atoms with Crippen LogP contribution in [0.5, 0.6) is 5.75 Å². The van der Waals surface area contributed by atoms with E-state index in [1.807, 2.05) is 25.1 Å². The Bertz CT molecular complexity index is 1220. The van der Waals surface area contributed by atoms with Crippen LogP contribution in [0.1, 0.15) is 61.1 Å². The summed E-state index contributed by atoms with van der Waals surface area (Å²) in [6.07, 6.45) is 1.31. The third-order valence-corrected chi connectivity index (χ3v) is 8.58. The minimum atomic E-state index is -0.488. The highest BCUT2D eigenvalue weighted by atomic mass is 31.1. The molecule has 1 N–H and O–H groups in total. The number of aliphatic hydroxyl groups excluding tert-OH is 1. The van der Waals surface area contributed by atoms with Crippen LogP contribution in [-0.4, -0.2) is 5.11 Å². The van der Waals surface area contributed by atoms with Crippen molar-refractivity contribution in [3.63, 3.8) is 0 Å². The van der Waals surface area contributed by atoms with Gasteiger partial charge in [0.15, 0.2) is 0 Å². The maximum Gasteiger partial charge on any atom is 0.127 e. The van der Waals surface area contributed by atoms with Crippen molar-refractivity contribution in [3.05, 3.63) is 131 Å². The maximum atomic E-state index is 10.4. The Hall–Kier alpha value is -2.93. The molecule has 4 aromatic carbocycles. The Kier molecular flexibility index (Phi) is 8.39. The highest BCUT2D eigenvalue weighted by Crippen LogP contribution is 2.49. The summed E-state index contributed by atoms with van der Waals surface area (Å²) in [4.78, 5) is 0. The molecule has 180 valence electrons. The zero-order chi connectivity index (χ0) is 24.7. The van der Waals surface area contributed by atoms with Gasteiger partial charge in [0.2, 0.25) is 0 Å². The van der Waals surface area contributed by atoms with Gasteiger partial charge in [0.25, 0.3) is 0 Å². The van der Waals surface area contributed by atoms with E-state index in [4.69, 9.17) is 4.74 Å². The summed E-state index contributed by atoms with van der Waals surface area (Å²) in [5.41, 5.74) is 5.89. The summed E-state index contributed by atoms with van der Waals surface area (Å²) in [7, 11) is 0.509. The second-order valence-corrected chi connectivity index (χ2v) is 11.2. The quantitative estimate of drug-likeness (QED) is 0.237. The highest BCUT2D eigenvalue weighted by molar-refractivity contribution is 7.48. The number of ether oxygens (including phenoxy) is 1. The summed E-state index contributed by atoms with van der Waals surface area (Å²) in [6.45, 7) is 6.97. The molecule has 4 aromatic rings. The van der Waals surface area contributed by atoms with Gasteiger partial charge in [-0.15, -0.1) is 0 Å². The van der Waals surface area contributed by atoms with Gasteiger partial charge in [-0.25, -0.2) is 0 Å². The van der Waals surface area contributed by atoms with Crippen LogP contribution in [-0.2, 0) is 18.2 Å². The van der Waals surface area contributed by atoms with Gasteiger partial charge in [0.05, 0.1) is 6.10 Å². The third kappa shape index (κ3) is 6.20. The van der Waals surface area contributed by atoms with Crippen molar-refractivity contribution in [3.8, 4) is 5.75 Å². The first-order valence-corrected chi connectivity index (χ1v) is 13.4. The lowest BCUT2D eigenvalue weighted by molar-refractivity contribution is 0.200. The van der Waals surface area contributed by atoms with Crippen molar-refractivity contribution >= 4 is 13.9 Å². The maximum absolute atomic E-state index is 10.4. The first-order chi connectivity index (χ1) is 17.0. The lowest BCUT2D eigenvalue weighted by Gasteiger charge is -2.33. The summed E-state index contributed by atoms with van der Waals surface area (Å²) < 4.78 is 6.65. The summed E-state index contributed by atoms with van der Waals surface area (Å²) in [5.74, 6) is 0.992. The van der Waals surface area contributed by atoms with E-state index < -0.39 is 6.10 Å². The zero-order valence-corrected chi connectivity index (χ0v) is 21.9. The number of para-hydroxylation sites is 1. The van der Waals surface area contributed by atoms with Crippen molar-refractivity contribution in [2.75, 3.05) is 0 Å². The van der Waals surface area contributed by atoms with Crippen LogP contribution in [0.3, 0.4) is 0 Å². The number of aliphatic hydroxyl groups is 1. The van der Waals surface area contributed by atoms with Gasteiger partial charge in [-0.1, -0.05) is 126 Å². The van der Waals surface area contributed by atoms with E-state index in [1.165, 1.54) is 22.0 Å². The molecule has 0 fully saturated rings. The fraction of sp³-hybridized carbons (Fsp3) is 0.250. The van der Waals surface area contributed by atoms with Gasteiger partial charge in [-0.05, 0) is 40.9 Å². The molecule has 35 heavy (non-hydrogen) atoms. The average molecular weight is 483 g/mol. The number of hydrogen-bond donors (Lipinski definition) is 1. The summed E-state index contributed by atoms with van der Waals surface area (Å²) in [6, 6.07) is 35.8. The first kappa shape index (κ1) is 25.2. The molecule has 3 unspecified atom stereocenters. The van der Waals surface area contributed by atoms with Gasteiger partial charge in [0, 0.05) is 17.1 Å². The van der Waals surface area contributed by atoms with Gasteiger partial charge >= 0.3 is 0 Å². The smallest absolute Gasteiger partial charge is 0.127 e. The molecule has 0 aromatic heterocycles. The van der Waals surface area contributed by atoms with Crippen molar-refractivity contribution in [1.29, 1.82) is 0 Å². The van der Waals surface area contributed by atoms with E-state index in [9.17, 15) is 5.11 Å². The van der Waals surface area contributed by atoms with Crippen molar-refractivity contribution < 1.29 is 9.84 Å². The van der Waals surface area contributed by atoms with Crippen LogP contribution >= 0.6 is 8.58 Å². The Morgan fingerprint density at radius 3 is 2.09 bits per heavy atom. The summed E-state index contributed by atoms with van der Waals surface area (Å²) in [5, 5.41) is 11.5. The SMILES string of the molecule is CCC(C)(Pc1ccccc1C(C)O)c1cccc(Cc2ccccc2)c1OCc1ccccc1. The molecule has 0 heterocycles. The minimum Gasteiger partial charge on any atom is -0.488 e. The van der Waals surface area contributed by atoms with Crippen molar-refractivity contribution in [2.45, 2.75) is 51.5 Å². The van der Waals surface area contributed by atoms with E-state index in [1.54, 1.807) is 0 Å². The van der Waals surface area contributed by atoms with E-state index >= 15 is 0 Å². The van der Waals surface area contributed by atoms with Gasteiger partial charge in [-0.2, -0.15) is 0 Å². The molecule has 0 saturated heterocycles. The van der Waals surface area contributed by atoms with Gasteiger partial charge in [0.1, 0.15) is 12.4 Å². The van der Waals surface area contributed by atoms with E-state index in [0.717, 1.165) is 29.7 Å². The molecule has 3 atom stereocenters. The molecule has 0 spiro atoms. The van der Waals surface area contributed by atoms with Crippen LogP contribution in [0.2, 0.25) is 0 Å². The largest absolute Gasteiger partial charge is 0.488 e. The molecule has 3 heteroatoms.